The van der Waals surface area contributed by atoms with Crippen molar-refractivity contribution in [3.05, 3.63) is 36.5 Å². The Hall–Kier alpha value is -1.36. The first kappa shape index (κ1) is 5.77. The van der Waals surface area contributed by atoms with E-state index in [1.807, 2.05) is 6.07 Å². The Bertz CT molecular complexity index is 247. The van der Waals surface area contributed by atoms with Crippen LogP contribution in [0.25, 0.3) is 0 Å². The van der Waals surface area contributed by atoms with Crippen LogP contribution >= 0.6 is 0 Å². The molecule has 0 unspecified atom stereocenters. The van der Waals surface area contributed by atoms with Gasteiger partial charge in [-0.05, 0) is 18.6 Å². The van der Waals surface area contributed by atoms with Gasteiger partial charge in [0.2, 0.25) is 0 Å². The summed E-state index contributed by atoms with van der Waals surface area (Å²) in [6.45, 7) is 3.61. The molecule has 2 heteroatoms. The summed E-state index contributed by atoms with van der Waals surface area (Å²) < 4.78 is 0. The lowest BCUT2D eigenvalue weighted by Crippen LogP contribution is -1.80. The summed E-state index contributed by atoms with van der Waals surface area (Å²) in [5.41, 5.74) is 1.27. The molecule has 0 fully saturated rings. The molecular weight excluding hydrogens is 112 g/mol. The molecule has 0 aliphatic heterocycles. The Kier molecular flexibility index (Phi) is 1.46. The number of hydrogen-bond acceptors (Lipinski definition) is 2. The fraction of sp³-hybridized carbons (Fsp3) is 0. The first-order chi connectivity index (χ1) is 4.34. The fourth-order valence-electron chi connectivity index (χ4n) is 0.536. The zero-order chi connectivity index (χ0) is 6.69. The summed E-state index contributed by atoms with van der Waals surface area (Å²) in [5.74, 6) is 0. The third kappa shape index (κ3) is 1.06. The second kappa shape index (κ2) is 2.27. The number of nitriles is 1. The molecule has 1 heterocycles. The molecule has 0 spiro atoms. The van der Waals surface area contributed by atoms with E-state index in [4.69, 9.17) is 5.26 Å². The van der Waals surface area contributed by atoms with Crippen molar-refractivity contribution in [2.24, 2.45) is 0 Å². The van der Waals surface area contributed by atoms with Crippen molar-refractivity contribution in [2.45, 2.75) is 0 Å². The maximum atomic E-state index is 8.40. The lowest BCUT2D eigenvalue weighted by atomic mass is 10.2. The molecule has 0 N–H and O–H groups in total. The highest BCUT2D eigenvalue weighted by Gasteiger charge is 1.91. The number of aromatic nitrogens is 1. The Morgan fingerprint density at radius 2 is 2.44 bits per heavy atom. The first-order valence-electron chi connectivity index (χ1n) is 2.50. The minimum Gasteiger partial charge on any atom is -0.264 e. The molecular formula is C7H5N2. The Balaban J connectivity index is 3.20. The molecule has 1 radical (unpaired) electrons. The van der Waals surface area contributed by atoms with Crippen LogP contribution in [0.15, 0.2) is 18.5 Å². The van der Waals surface area contributed by atoms with E-state index in [1.54, 1.807) is 18.5 Å². The molecule has 0 saturated carbocycles. The average Bonchev–Trinajstić information content (AvgIpc) is 1.89. The van der Waals surface area contributed by atoms with Crippen LogP contribution in [-0.2, 0) is 0 Å². The fourth-order valence-corrected chi connectivity index (χ4v) is 0.536. The molecule has 0 aliphatic rings. The van der Waals surface area contributed by atoms with Gasteiger partial charge in [-0.3, -0.25) is 4.98 Å². The van der Waals surface area contributed by atoms with Crippen LogP contribution in [-0.4, -0.2) is 4.98 Å². The minimum atomic E-state index is 0.588. The maximum absolute atomic E-state index is 8.40. The zero-order valence-electron chi connectivity index (χ0n) is 4.83. The van der Waals surface area contributed by atoms with Gasteiger partial charge >= 0.3 is 0 Å². The quantitative estimate of drug-likeness (QED) is 0.510. The second-order valence-corrected chi connectivity index (χ2v) is 1.64. The van der Waals surface area contributed by atoms with Gasteiger partial charge in [0.1, 0.15) is 0 Å². The highest BCUT2D eigenvalue weighted by atomic mass is 14.6. The predicted octanol–water partition coefficient (Wildman–Crippen LogP) is 1.14. The van der Waals surface area contributed by atoms with Gasteiger partial charge in [-0.2, -0.15) is 5.26 Å². The van der Waals surface area contributed by atoms with E-state index in [0.29, 0.717) is 11.1 Å². The van der Waals surface area contributed by atoms with Crippen LogP contribution in [0, 0.1) is 18.3 Å². The van der Waals surface area contributed by atoms with E-state index in [0.717, 1.165) is 0 Å². The van der Waals surface area contributed by atoms with Crippen molar-refractivity contribution >= 4 is 0 Å². The zero-order valence-corrected chi connectivity index (χ0v) is 4.83. The molecule has 0 aromatic carbocycles. The van der Waals surface area contributed by atoms with Crippen LogP contribution < -0.4 is 0 Å². The van der Waals surface area contributed by atoms with Crippen LogP contribution in [0.4, 0.5) is 0 Å². The highest BCUT2D eigenvalue weighted by Crippen LogP contribution is 2.00. The molecule has 1 aromatic heterocycles. The first-order valence-corrected chi connectivity index (χ1v) is 2.50. The summed E-state index contributed by atoms with van der Waals surface area (Å²) in [7, 11) is 0. The maximum Gasteiger partial charge on any atom is 0.0995 e. The van der Waals surface area contributed by atoms with Crippen molar-refractivity contribution in [3.63, 3.8) is 0 Å². The lowest BCUT2D eigenvalue weighted by Gasteiger charge is -1.89. The Labute approximate surface area is 53.8 Å². The number of hydrogen-bond donors (Lipinski definition) is 0. The van der Waals surface area contributed by atoms with E-state index < -0.39 is 0 Å². The molecule has 0 amide bonds. The summed E-state index contributed by atoms with van der Waals surface area (Å²) in [4.78, 5) is 3.78. The van der Waals surface area contributed by atoms with Crippen molar-refractivity contribution in [2.75, 3.05) is 0 Å². The molecule has 1 rings (SSSR count). The number of nitrogens with zero attached hydrogens (tertiary/aromatic N) is 2. The second-order valence-electron chi connectivity index (χ2n) is 1.64. The molecule has 9 heavy (non-hydrogen) atoms. The van der Waals surface area contributed by atoms with Gasteiger partial charge in [-0.15, -0.1) is 0 Å². The number of rotatable bonds is 0. The van der Waals surface area contributed by atoms with E-state index in [-0.39, 0.29) is 0 Å². The third-order valence-corrected chi connectivity index (χ3v) is 1.02. The van der Waals surface area contributed by atoms with E-state index in [1.165, 1.54) is 0 Å². The molecule has 0 aliphatic carbocycles. The van der Waals surface area contributed by atoms with Gasteiger partial charge in [0.05, 0.1) is 11.6 Å². The van der Waals surface area contributed by atoms with Gasteiger partial charge in [0.15, 0.2) is 0 Å². The summed E-state index contributed by atoms with van der Waals surface area (Å²) >= 11 is 0. The molecule has 1 aromatic rings. The van der Waals surface area contributed by atoms with Gasteiger partial charge in [-0.25, -0.2) is 0 Å². The van der Waals surface area contributed by atoms with Crippen LogP contribution in [0.5, 0.6) is 0 Å². The molecule has 43 valence electrons. The Morgan fingerprint density at radius 1 is 1.67 bits per heavy atom. The lowest BCUT2D eigenvalue weighted by molar-refractivity contribution is 1.28. The third-order valence-electron chi connectivity index (χ3n) is 1.02. The van der Waals surface area contributed by atoms with E-state index in [9.17, 15) is 0 Å². The molecule has 0 saturated heterocycles. The van der Waals surface area contributed by atoms with Crippen LogP contribution in [0.2, 0.25) is 0 Å². The van der Waals surface area contributed by atoms with E-state index in [2.05, 4.69) is 11.9 Å². The summed E-state index contributed by atoms with van der Waals surface area (Å²) in [5, 5.41) is 8.40. The van der Waals surface area contributed by atoms with Crippen molar-refractivity contribution in [3.8, 4) is 6.07 Å². The van der Waals surface area contributed by atoms with Gasteiger partial charge in [-0.1, -0.05) is 0 Å². The molecule has 0 atom stereocenters. The van der Waals surface area contributed by atoms with Crippen molar-refractivity contribution in [1.29, 1.82) is 5.26 Å². The van der Waals surface area contributed by atoms with E-state index >= 15 is 0 Å². The van der Waals surface area contributed by atoms with Crippen LogP contribution in [0.1, 0.15) is 11.1 Å². The SMILES string of the molecule is [CH2]c1cnccc1C#N. The van der Waals surface area contributed by atoms with Crippen LogP contribution in [0.3, 0.4) is 0 Å². The number of pyridine rings is 1. The standard InChI is InChI=1S/C7H5N2/c1-6-5-9-3-2-7(6)4-8/h2-3,5H,1H2. The summed E-state index contributed by atoms with van der Waals surface area (Å²) in [6, 6.07) is 3.63. The van der Waals surface area contributed by atoms with Gasteiger partial charge < -0.3 is 0 Å². The van der Waals surface area contributed by atoms with Crippen molar-refractivity contribution < 1.29 is 0 Å². The minimum absolute atomic E-state index is 0.588. The normalized spacial score (nSPS) is 8.44. The predicted molar refractivity (Wildman–Crippen MR) is 33.4 cm³/mol. The molecule has 2 nitrogen and oxygen atoms in total. The summed E-state index contributed by atoms with van der Waals surface area (Å²) in [6.07, 6.45) is 3.14. The highest BCUT2D eigenvalue weighted by molar-refractivity contribution is 5.36. The average molecular weight is 117 g/mol. The van der Waals surface area contributed by atoms with Gasteiger partial charge in [0.25, 0.3) is 0 Å². The topological polar surface area (TPSA) is 36.7 Å². The smallest absolute Gasteiger partial charge is 0.0995 e. The van der Waals surface area contributed by atoms with Crippen molar-refractivity contribution in [1.82, 2.24) is 4.98 Å². The Morgan fingerprint density at radius 3 is 2.89 bits per heavy atom. The monoisotopic (exact) mass is 117 g/mol. The molecule has 0 bridgehead atoms. The largest absolute Gasteiger partial charge is 0.264 e. The van der Waals surface area contributed by atoms with Gasteiger partial charge in [0, 0.05) is 12.4 Å².